The van der Waals surface area contributed by atoms with E-state index in [0.717, 1.165) is 24.3 Å². The zero-order valence-corrected chi connectivity index (χ0v) is 11.9. The summed E-state index contributed by atoms with van der Waals surface area (Å²) in [5, 5.41) is 11.3. The number of hydrogen-bond donors (Lipinski definition) is 1. The van der Waals surface area contributed by atoms with Crippen LogP contribution in [0.3, 0.4) is 0 Å². The van der Waals surface area contributed by atoms with Gasteiger partial charge in [-0.05, 0) is 40.8 Å². The second-order valence-corrected chi connectivity index (χ2v) is 5.41. The van der Waals surface area contributed by atoms with Crippen molar-refractivity contribution < 1.29 is 0 Å². The van der Waals surface area contributed by atoms with Crippen LogP contribution in [0.5, 0.6) is 0 Å². The van der Waals surface area contributed by atoms with Gasteiger partial charge < -0.3 is 5.32 Å². The Hall–Kier alpha value is -2.62. The Bertz CT molecular complexity index is 804. The third-order valence-corrected chi connectivity index (χ3v) is 4.08. The summed E-state index contributed by atoms with van der Waals surface area (Å²) in [5.74, 6) is 0. The van der Waals surface area contributed by atoms with Crippen LogP contribution in [-0.4, -0.2) is 15.0 Å². The Morgan fingerprint density at radius 3 is 2.81 bits per heavy atom. The van der Waals surface area contributed by atoms with Crippen molar-refractivity contribution in [3.05, 3.63) is 65.5 Å². The maximum atomic E-state index is 3.94. The van der Waals surface area contributed by atoms with Crippen molar-refractivity contribution in [2.75, 3.05) is 5.32 Å². The van der Waals surface area contributed by atoms with Gasteiger partial charge in [-0.25, -0.2) is 0 Å². The molecule has 1 aliphatic carbocycles. The Balaban J connectivity index is 1.57. The fourth-order valence-electron chi connectivity index (χ4n) is 2.92. The average molecular weight is 276 g/mol. The molecule has 0 bridgehead atoms. The van der Waals surface area contributed by atoms with Gasteiger partial charge in [0.2, 0.25) is 0 Å². The molecular formula is C17H16N4. The molecule has 0 unspecified atom stereocenters. The van der Waals surface area contributed by atoms with Crippen LogP contribution in [0.25, 0.3) is 11.1 Å². The van der Waals surface area contributed by atoms with Crippen LogP contribution < -0.4 is 5.32 Å². The zero-order chi connectivity index (χ0) is 14.2. The van der Waals surface area contributed by atoms with E-state index in [-0.39, 0.29) is 0 Å². The van der Waals surface area contributed by atoms with Crippen molar-refractivity contribution in [3.63, 3.8) is 0 Å². The van der Waals surface area contributed by atoms with Crippen LogP contribution in [0.4, 0.5) is 5.69 Å². The van der Waals surface area contributed by atoms with Crippen LogP contribution in [0.15, 0.2) is 48.7 Å². The van der Waals surface area contributed by atoms with Crippen LogP contribution >= 0.6 is 0 Å². The fourth-order valence-corrected chi connectivity index (χ4v) is 2.92. The molecule has 1 aromatic heterocycles. The maximum absolute atomic E-state index is 3.94. The highest BCUT2D eigenvalue weighted by Gasteiger charge is 2.17. The van der Waals surface area contributed by atoms with E-state index in [2.05, 4.69) is 58.1 Å². The largest absolute Gasteiger partial charge is 0.379 e. The molecule has 0 saturated carbocycles. The van der Waals surface area contributed by atoms with Gasteiger partial charge in [0.15, 0.2) is 0 Å². The van der Waals surface area contributed by atoms with E-state index in [4.69, 9.17) is 0 Å². The smallest absolute Gasteiger partial charge is 0.0774 e. The quantitative estimate of drug-likeness (QED) is 0.625. The van der Waals surface area contributed by atoms with E-state index in [0.29, 0.717) is 0 Å². The van der Waals surface area contributed by atoms with E-state index < -0.39 is 0 Å². The first-order valence-electron chi connectivity index (χ1n) is 7.10. The second-order valence-electron chi connectivity index (χ2n) is 5.41. The molecule has 0 fully saturated rings. The van der Waals surface area contributed by atoms with Gasteiger partial charge in [-0.15, -0.1) is 5.10 Å². The van der Waals surface area contributed by atoms with Gasteiger partial charge in [0.1, 0.15) is 0 Å². The summed E-state index contributed by atoms with van der Waals surface area (Å²) in [4.78, 5) is 0. The highest BCUT2D eigenvalue weighted by molar-refractivity contribution is 5.78. The molecular weight excluding hydrogens is 260 g/mol. The lowest BCUT2D eigenvalue weighted by atomic mass is 10.1. The van der Waals surface area contributed by atoms with Gasteiger partial charge >= 0.3 is 0 Å². The molecule has 2 aromatic carbocycles. The van der Waals surface area contributed by atoms with Gasteiger partial charge in [-0.3, -0.25) is 4.68 Å². The lowest BCUT2D eigenvalue weighted by Crippen LogP contribution is -2.05. The maximum Gasteiger partial charge on any atom is 0.0774 e. The molecule has 0 spiro atoms. The number of rotatable bonds is 3. The Labute approximate surface area is 123 Å². The number of nitrogens with one attached hydrogen (secondary N) is 1. The van der Waals surface area contributed by atoms with Crippen molar-refractivity contribution >= 4 is 5.69 Å². The molecule has 0 aliphatic heterocycles. The number of benzene rings is 2. The highest BCUT2D eigenvalue weighted by atomic mass is 15.4. The second kappa shape index (κ2) is 4.74. The molecule has 4 rings (SSSR count). The summed E-state index contributed by atoms with van der Waals surface area (Å²) in [5.41, 5.74) is 7.75. The standard InChI is InChI=1S/C17H16N4/c1-21-15(11-19-20-21)10-18-14-6-7-17-13(9-14)8-12-4-2-3-5-16(12)17/h2-7,9,11,18H,8,10H2,1H3. The summed E-state index contributed by atoms with van der Waals surface area (Å²) < 4.78 is 1.79. The van der Waals surface area contributed by atoms with E-state index >= 15 is 0 Å². The molecule has 104 valence electrons. The van der Waals surface area contributed by atoms with Gasteiger partial charge in [-0.2, -0.15) is 0 Å². The molecule has 0 radical (unpaired) electrons. The highest BCUT2D eigenvalue weighted by Crippen LogP contribution is 2.37. The van der Waals surface area contributed by atoms with Crippen molar-refractivity contribution in [1.82, 2.24) is 15.0 Å². The predicted octanol–water partition coefficient (Wildman–Crippen LogP) is 3.00. The number of anilines is 1. The lowest BCUT2D eigenvalue weighted by molar-refractivity contribution is 0.683. The van der Waals surface area contributed by atoms with Crippen LogP contribution in [0.2, 0.25) is 0 Å². The third kappa shape index (κ3) is 2.09. The van der Waals surface area contributed by atoms with Crippen LogP contribution in [-0.2, 0) is 20.0 Å². The molecule has 4 heteroatoms. The first-order valence-corrected chi connectivity index (χ1v) is 7.10. The summed E-state index contributed by atoms with van der Waals surface area (Å²) in [7, 11) is 1.91. The molecule has 1 aliphatic rings. The van der Waals surface area contributed by atoms with E-state index in [1.165, 1.54) is 22.3 Å². The van der Waals surface area contributed by atoms with Gasteiger partial charge in [0, 0.05) is 12.7 Å². The van der Waals surface area contributed by atoms with Crippen molar-refractivity contribution in [2.24, 2.45) is 7.05 Å². The first-order chi connectivity index (χ1) is 10.3. The number of aromatic nitrogens is 3. The Kier molecular flexibility index (Phi) is 2.74. The average Bonchev–Trinajstić information content (AvgIpc) is 3.07. The van der Waals surface area contributed by atoms with Crippen molar-refractivity contribution in [1.29, 1.82) is 0 Å². The number of hydrogen-bond acceptors (Lipinski definition) is 3. The minimum atomic E-state index is 0.731. The van der Waals surface area contributed by atoms with E-state index in [1.807, 2.05) is 7.05 Å². The number of fused-ring (bicyclic) bond motifs is 3. The van der Waals surface area contributed by atoms with Crippen LogP contribution in [0, 0.1) is 0 Å². The Morgan fingerprint density at radius 2 is 1.95 bits per heavy atom. The summed E-state index contributed by atoms with van der Waals surface area (Å²) in [6.07, 6.45) is 2.81. The topological polar surface area (TPSA) is 42.7 Å². The summed E-state index contributed by atoms with van der Waals surface area (Å²) in [6, 6.07) is 15.2. The molecule has 3 aromatic rings. The van der Waals surface area contributed by atoms with Gasteiger partial charge in [0.05, 0.1) is 18.4 Å². The SMILES string of the molecule is Cn1nncc1CNc1ccc2c(c1)Cc1ccccc1-2. The normalized spacial score (nSPS) is 12.0. The van der Waals surface area contributed by atoms with Crippen LogP contribution in [0.1, 0.15) is 16.8 Å². The molecule has 0 saturated heterocycles. The van der Waals surface area contributed by atoms with E-state index in [9.17, 15) is 0 Å². The third-order valence-electron chi connectivity index (χ3n) is 4.08. The Morgan fingerprint density at radius 1 is 1.10 bits per heavy atom. The fraction of sp³-hybridized carbons (Fsp3) is 0.176. The molecule has 1 heterocycles. The van der Waals surface area contributed by atoms with Gasteiger partial charge in [-0.1, -0.05) is 35.5 Å². The van der Waals surface area contributed by atoms with Crippen molar-refractivity contribution in [3.8, 4) is 11.1 Å². The number of nitrogens with zero attached hydrogens (tertiary/aromatic N) is 3. The molecule has 1 N–H and O–H groups in total. The molecule has 0 atom stereocenters. The minimum absolute atomic E-state index is 0.731. The zero-order valence-electron chi connectivity index (χ0n) is 11.9. The summed E-state index contributed by atoms with van der Waals surface area (Å²) >= 11 is 0. The summed E-state index contributed by atoms with van der Waals surface area (Å²) in [6.45, 7) is 0.731. The minimum Gasteiger partial charge on any atom is -0.379 e. The molecule has 4 nitrogen and oxygen atoms in total. The predicted molar refractivity (Wildman–Crippen MR) is 83.0 cm³/mol. The van der Waals surface area contributed by atoms with E-state index in [1.54, 1.807) is 10.9 Å². The first kappa shape index (κ1) is 12.1. The molecule has 0 amide bonds. The lowest BCUT2D eigenvalue weighted by Gasteiger charge is -2.08. The molecule has 21 heavy (non-hydrogen) atoms. The monoisotopic (exact) mass is 276 g/mol. The number of aryl methyl sites for hydroxylation is 1. The van der Waals surface area contributed by atoms with Crippen molar-refractivity contribution in [2.45, 2.75) is 13.0 Å². The van der Waals surface area contributed by atoms with Gasteiger partial charge in [0.25, 0.3) is 0 Å².